The molecule has 7 heteroatoms. The maximum absolute atomic E-state index is 12.4. The van der Waals surface area contributed by atoms with Crippen molar-refractivity contribution in [1.82, 2.24) is 15.6 Å². The molecule has 2 aromatic rings. The number of methoxy groups -OCH3 is 1. The summed E-state index contributed by atoms with van der Waals surface area (Å²) in [4.78, 5) is 28.9. The van der Waals surface area contributed by atoms with E-state index in [9.17, 15) is 9.59 Å². The molecule has 0 aliphatic heterocycles. The molecule has 3 rings (SSSR count). The van der Waals surface area contributed by atoms with Crippen LogP contribution in [0.4, 0.5) is 0 Å². The van der Waals surface area contributed by atoms with Crippen LogP contribution in [0.5, 0.6) is 11.5 Å². The number of rotatable bonds is 8. The van der Waals surface area contributed by atoms with Gasteiger partial charge in [0.15, 0.2) is 0 Å². The third-order valence-electron chi connectivity index (χ3n) is 4.91. The first-order valence-corrected chi connectivity index (χ1v) is 9.97. The molecule has 0 bridgehead atoms. The molecule has 0 radical (unpaired) electrons. The van der Waals surface area contributed by atoms with E-state index in [1.54, 1.807) is 25.3 Å². The van der Waals surface area contributed by atoms with E-state index in [1.807, 2.05) is 12.1 Å². The quantitative estimate of drug-likeness (QED) is 0.669. The lowest BCUT2D eigenvalue weighted by molar-refractivity contribution is 0.0922. The highest BCUT2D eigenvalue weighted by atomic mass is 16.5. The number of hydrogen-bond acceptors (Lipinski definition) is 5. The summed E-state index contributed by atoms with van der Waals surface area (Å²) < 4.78 is 10.7. The predicted octanol–water partition coefficient (Wildman–Crippen LogP) is 2.96. The second-order valence-electron chi connectivity index (χ2n) is 7.02. The molecule has 154 valence electrons. The molecular formula is C22H27N3O4. The van der Waals surface area contributed by atoms with Crippen LogP contribution in [0.1, 0.15) is 53.0 Å². The van der Waals surface area contributed by atoms with Gasteiger partial charge in [-0.25, -0.2) is 0 Å². The van der Waals surface area contributed by atoms with Crippen molar-refractivity contribution in [2.75, 3.05) is 20.3 Å². The molecule has 29 heavy (non-hydrogen) atoms. The topological polar surface area (TPSA) is 89.6 Å². The normalized spacial score (nSPS) is 14.1. The Morgan fingerprint density at radius 2 is 1.76 bits per heavy atom. The number of carbonyl (C=O) groups excluding carboxylic acids is 2. The van der Waals surface area contributed by atoms with Crippen LogP contribution in [0.15, 0.2) is 42.6 Å². The van der Waals surface area contributed by atoms with Crippen molar-refractivity contribution in [2.24, 2.45) is 0 Å². The van der Waals surface area contributed by atoms with Gasteiger partial charge in [0.05, 0.1) is 13.7 Å². The van der Waals surface area contributed by atoms with E-state index in [-0.39, 0.29) is 23.6 Å². The molecular weight excluding hydrogens is 370 g/mol. The lowest BCUT2D eigenvalue weighted by atomic mass is 9.95. The van der Waals surface area contributed by atoms with Crippen molar-refractivity contribution in [1.29, 1.82) is 0 Å². The fourth-order valence-corrected chi connectivity index (χ4v) is 3.31. The van der Waals surface area contributed by atoms with Gasteiger partial charge in [0, 0.05) is 17.8 Å². The first kappa shape index (κ1) is 20.6. The highest BCUT2D eigenvalue weighted by molar-refractivity contribution is 5.98. The van der Waals surface area contributed by atoms with Crippen LogP contribution in [0.3, 0.4) is 0 Å². The van der Waals surface area contributed by atoms with Crippen LogP contribution in [0.2, 0.25) is 0 Å². The number of aromatic nitrogens is 1. The molecule has 7 nitrogen and oxygen atoms in total. The van der Waals surface area contributed by atoms with Gasteiger partial charge in [-0.1, -0.05) is 19.3 Å². The highest BCUT2D eigenvalue weighted by Gasteiger charge is 2.18. The number of amides is 2. The number of benzene rings is 1. The highest BCUT2D eigenvalue weighted by Crippen LogP contribution is 2.18. The number of nitrogens with zero attached hydrogens (tertiary/aromatic N) is 1. The minimum Gasteiger partial charge on any atom is -0.497 e. The molecule has 0 unspecified atom stereocenters. The second-order valence-corrected chi connectivity index (χ2v) is 7.02. The summed E-state index contributed by atoms with van der Waals surface area (Å²) in [6, 6.07) is 10.6. The molecule has 1 heterocycles. The molecule has 2 amide bonds. The average molecular weight is 397 g/mol. The first-order valence-electron chi connectivity index (χ1n) is 9.97. The number of hydrogen-bond donors (Lipinski definition) is 2. The van der Waals surface area contributed by atoms with Crippen LogP contribution in [0, 0.1) is 0 Å². The summed E-state index contributed by atoms with van der Waals surface area (Å²) in [5, 5.41) is 5.81. The standard InChI is InChI=1S/C22H27N3O4/c1-28-18-7-9-19(10-8-18)29-14-13-24-21(26)16-11-12-23-20(15-16)22(27)25-17-5-3-2-4-6-17/h7-12,15,17H,2-6,13-14H2,1H3,(H,24,26)(H,25,27). The molecule has 1 saturated carbocycles. The van der Waals surface area contributed by atoms with Gasteiger partial charge in [0.2, 0.25) is 0 Å². The Morgan fingerprint density at radius 3 is 2.48 bits per heavy atom. The monoisotopic (exact) mass is 397 g/mol. The predicted molar refractivity (Wildman–Crippen MR) is 109 cm³/mol. The first-order chi connectivity index (χ1) is 14.2. The summed E-state index contributed by atoms with van der Waals surface area (Å²) in [5.74, 6) is 0.962. The van der Waals surface area contributed by atoms with Crippen LogP contribution in [-0.4, -0.2) is 43.1 Å². The molecule has 0 spiro atoms. The van der Waals surface area contributed by atoms with Gasteiger partial charge < -0.3 is 20.1 Å². The van der Waals surface area contributed by atoms with Crippen LogP contribution >= 0.6 is 0 Å². The molecule has 1 aliphatic carbocycles. The number of nitrogens with one attached hydrogen (secondary N) is 2. The molecule has 2 N–H and O–H groups in total. The molecule has 1 fully saturated rings. The minimum absolute atomic E-state index is 0.200. The Labute approximate surface area is 170 Å². The van der Waals surface area contributed by atoms with Gasteiger partial charge in [0.25, 0.3) is 11.8 Å². The van der Waals surface area contributed by atoms with Gasteiger partial charge in [0.1, 0.15) is 23.8 Å². The zero-order valence-corrected chi connectivity index (χ0v) is 16.6. The molecule has 0 saturated heterocycles. The van der Waals surface area contributed by atoms with Crippen molar-refractivity contribution >= 4 is 11.8 Å². The lowest BCUT2D eigenvalue weighted by Crippen LogP contribution is -2.36. The summed E-state index contributed by atoms with van der Waals surface area (Å²) in [7, 11) is 1.61. The van der Waals surface area contributed by atoms with Crippen molar-refractivity contribution < 1.29 is 19.1 Å². The lowest BCUT2D eigenvalue weighted by Gasteiger charge is -2.22. The van der Waals surface area contributed by atoms with E-state index >= 15 is 0 Å². The third-order valence-corrected chi connectivity index (χ3v) is 4.91. The van der Waals surface area contributed by atoms with Crippen molar-refractivity contribution in [3.05, 3.63) is 53.9 Å². The van der Waals surface area contributed by atoms with Crippen LogP contribution in [0.25, 0.3) is 0 Å². The Morgan fingerprint density at radius 1 is 1.03 bits per heavy atom. The van der Waals surface area contributed by atoms with Gasteiger partial charge in [-0.3, -0.25) is 14.6 Å². The van der Waals surface area contributed by atoms with Crippen molar-refractivity contribution in [3.8, 4) is 11.5 Å². The fraction of sp³-hybridized carbons (Fsp3) is 0.409. The zero-order valence-electron chi connectivity index (χ0n) is 16.6. The Hall–Kier alpha value is -3.09. The minimum atomic E-state index is -0.266. The Bertz CT molecular complexity index is 817. The fourth-order valence-electron chi connectivity index (χ4n) is 3.31. The summed E-state index contributed by atoms with van der Waals surface area (Å²) in [6.45, 7) is 0.676. The van der Waals surface area contributed by atoms with Gasteiger partial charge in [-0.15, -0.1) is 0 Å². The van der Waals surface area contributed by atoms with E-state index in [2.05, 4.69) is 15.6 Å². The van der Waals surface area contributed by atoms with Gasteiger partial charge in [-0.2, -0.15) is 0 Å². The largest absolute Gasteiger partial charge is 0.497 e. The van der Waals surface area contributed by atoms with Crippen LogP contribution in [-0.2, 0) is 0 Å². The van der Waals surface area contributed by atoms with E-state index in [0.717, 1.165) is 31.4 Å². The number of carbonyl (C=O) groups is 2. The van der Waals surface area contributed by atoms with Crippen LogP contribution < -0.4 is 20.1 Å². The number of ether oxygens (including phenoxy) is 2. The Balaban J connectivity index is 1.46. The van der Waals surface area contributed by atoms with E-state index < -0.39 is 0 Å². The third kappa shape index (κ3) is 6.20. The summed E-state index contributed by atoms with van der Waals surface area (Å²) >= 11 is 0. The molecule has 1 aromatic carbocycles. The van der Waals surface area contributed by atoms with Gasteiger partial charge >= 0.3 is 0 Å². The summed E-state index contributed by atoms with van der Waals surface area (Å²) in [5.41, 5.74) is 0.663. The average Bonchev–Trinajstić information content (AvgIpc) is 2.77. The van der Waals surface area contributed by atoms with Gasteiger partial charge in [-0.05, 0) is 49.2 Å². The molecule has 0 atom stereocenters. The zero-order chi connectivity index (χ0) is 20.5. The molecule has 1 aliphatic rings. The molecule has 1 aromatic heterocycles. The maximum atomic E-state index is 12.4. The van der Waals surface area contributed by atoms with E-state index in [1.165, 1.54) is 18.7 Å². The smallest absolute Gasteiger partial charge is 0.270 e. The maximum Gasteiger partial charge on any atom is 0.270 e. The SMILES string of the molecule is COc1ccc(OCCNC(=O)c2ccnc(C(=O)NC3CCCCC3)c2)cc1. The van der Waals surface area contributed by atoms with Crippen molar-refractivity contribution in [3.63, 3.8) is 0 Å². The van der Waals surface area contributed by atoms with Crippen molar-refractivity contribution in [2.45, 2.75) is 38.1 Å². The second kappa shape index (κ2) is 10.5. The van der Waals surface area contributed by atoms with E-state index in [4.69, 9.17) is 9.47 Å². The Kier molecular flexibility index (Phi) is 7.44. The summed E-state index contributed by atoms with van der Waals surface area (Å²) in [6.07, 6.45) is 6.99. The van der Waals surface area contributed by atoms with E-state index in [0.29, 0.717) is 24.5 Å². The number of pyridine rings is 1.